The van der Waals surface area contributed by atoms with Crippen molar-refractivity contribution in [3.63, 3.8) is 0 Å². The lowest BCUT2D eigenvalue weighted by molar-refractivity contribution is -0.113. The van der Waals surface area contributed by atoms with Crippen molar-refractivity contribution in [2.24, 2.45) is 7.05 Å². The fourth-order valence-electron chi connectivity index (χ4n) is 2.38. The average molecular weight is 481 g/mol. The minimum absolute atomic E-state index is 0.167. The van der Waals surface area contributed by atoms with Crippen molar-refractivity contribution in [3.8, 4) is 0 Å². The lowest BCUT2D eigenvalue weighted by Crippen LogP contribution is -2.28. The molecule has 3 aromatic rings. The molecule has 2 aromatic heterocycles. The Hall–Kier alpha value is -2.24. The third-order valence-corrected chi connectivity index (χ3v) is 6.13. The van der Waals surface area contributed by atoms with Crippen LogP contribution in [0.1, 0.15) is 29.1 Å². The third kappa shape index (κ3) is 4.97. The van der Waals surface area contributed by atoms with Gasteiger partial charge < -0.3 is 15.2 Å². The number of hydrogen-bond acceptors (Lipinski definition) is 7. The first-order valence-corrected chi connectivity index (χ1v) is 10.9. The van der Waals surface area contributed by atoms with Gasteiger partial charge in [0.1, 0.15) is 0 Å². The first kappa shape index (κ1) is 20.5. The Bertz CT molecular complexity index is 976. The minimum Gasteiger partial charge on any atom is -0.342 e. The summed E-state index contributed by atoms with van der Waals surface area (Å²) in [5.74, 6) is 0.409. The summed E-state index contributed by atoms with van der Waals surface area (Å²) >= 11 is 6.00. The zero-order valence-corrected chi connectivity index (χ0v) is 18.3. The van der Waals surface area contributed by atoms with Crippen LogP contribution in [0.2, 0.25) is 0 Å². The molecule has 0 aliphatic carbocycles. The van der Waals surface area contributed by atoms with Gasteiger partial charge in [-0.25, -0.2) is 4.98 Å². The van der Waals surface area contributed by atoms with Crippen molar-refractivity contribution in [1.82, 2.24) is 25.1 Å². The molecule has 0 aliphatic heterocycles. The molecule has 2 amide bonds. The number of benzene rings is 1. The van der Waals surface area contributed by atoms with Crippen LogP contribution >= 0.6 is 39.0 Å². The van der Waals surface area contributed by atoms with E-state index in [1.54, 1.807) is 35.3 Å². The summed E-state index contributed by atoms with van der Waals surface area (Å²) in [6, 6.07) is 6.85. The van der Waals surface area contributed by atoms with Crippen molar-refractivity contribution in [2.45, 2.75) is 18.1 Å². The maximum atomic E-state index is 12.5. The van der Waals surface area contributed by atoms with E-state index in [-0.39, 0.29) is 23.6 Å². The zero-order chi connectivity index (χ0) is 20.1. The number of anilines is 1. The van der Waals surface area contributed by atoms with Crippen LogP contribution in [0.4, 0.5) is 5.13 Å². The van der Waals surface area contributed by atoms with E-state index in [4.69, 9.17) is 0 Å². The predicted molar refractivity (Wildman–Crippen MR) is 112 cm³/mol. The molecule has 2 heterocycles. The van der Waals surface area contributed by atoms with Gasteiger partial charge in [-0.1, -0.05) is 23.9 Å². The number of halogens is 1. The van der Waals surface area contributed by atoms with E-state index < -0.39 is 0 Å². The summed E-state index contributed by atoms with van der Waals surface area (Å²) in [5.41, 5.74) is 0.546. The average Bonchev–Trinajstić information content (AvgIpc) is 3.30. The monoisotopic (exact) mass is 480 g/mol. The minimum atomic E-state index is -0.351. The summed E-state index contributed by atoms with van der Waals surface area (Å²) in [5, 5.41) is 16.9. The highest BCUT2D eigenvalue weighted by Gasteiger charge is 2.20. The number of amides is 2. The molecule has 0 saturated heterocycles. The van der Waals surface area contributed by atoms with Crippen LogP contribution in [-0.4, -0.2) is 37.3 Å². The second-order valence-corrected chi connectivity index (χ2v) is 8.44. The molecular formula is C17H17BrN6O2S2. The molecule has 0 spiro atoms. The summed E-state index contributed by atoms with van der Waals surface area (Å²) in [4.78, 5) is 28.5. The molecule has 11 heteroatoms. The third-order valence-electron chi connectivity index (χ3n) is 3.73. The van der Waals surface area contributed by atoms with Gasteiger partial charge in [-0.2, -0.15) is 0 Å². The van der Waals surface area contributed by atoms with Gasteiger partial charge in [0.05, 0.1) is 17.4 Å². The number of carbonyl (C=O) groups is 2. The molecule has 1 aromatic carbocycles. The number of nitrogens with zero attached hydrogens (tertiary/aromatic N) is 4. The van der Waals surface area contributed by atoms with Crippen molar-refractivity contribution >= 4 is 56.0 Å². The molecule has 0 radical (unpaired) electrons. The van der Waals surface area contributed by atoms with Gasteiger partial charge >= 0.3 is 0 Å². The molecule has 3 rings (SSSR count). The molecule has 0 aliphatic rings. The van der Waals surface area contributed by atoms with Gasteiger partial charge in [0.2, 0.25) is 5.91 Å². The summed E-state index contributed by atoms with van der Waals surface area (Å²) < 4.78 is 2.49. The molecule has 1 unspecified atom stereocenters. The number of nitrogens with one attached hydrogen (secondary N) is 2. The molecule has 2 N–H and O–H groups in total. The highest BCUT2D eigenvalue weighted by molar-refractivity contribution is 9.10. The molecule has 28 heavy (non-hydrogen) atoms. The topological polar surface area (TPSA) is 102 Å². The standard InChI is InChI=1S/C17H17BrN6O2S2/c1-10(20-15(26)11-5-3-4-6-12(11)18)14-22-23-17(24(14)2)28-9-13(25)21-16-19-7-8-27-16/h3-8,10H,9H2,1-2H3,(H,20,26)(H,19,21,25). The van der Waals surface area contributed by atoms with E-state index in [9.17, 15) is 9.59 Å². The van der Waals surface area contributed by atoms with Gasteiger partial charge in [-0.3, -0.25) is 9.59 Å². The molecule has 0 saturated carbocycles. The van der Waals surface area contributed by atoms with Crippen molar-refractivity contribution in [2.75, 3.05) is 11.1 Å². The number of rotatable bonds is 7. The molecule has 1 atom stereocenters. The second-order valence-electron chi connectivity index (χ2n) is 5.75. The highest BCUT2D eigenvalue weighted by Crippen LogP contribution is 2.21. The number of thiazole rings is 1. The molecule has 0 bridgehead atoms. The fourth-order valence-corrected chi connectivity index (χ4v) is 4.11. The molecular weight excluding hydrogens is 464 g/mol. The maximum Gasteiger partial charge on any atom is 0.253 e. The van der Waals surface area contributed by atoms with Crippen LogP contribution in [0.15, 0.2) is 45.5 Å². The highest BCUT2D eigenvalue weighted by atomic mass is 79.9. The van der Waals surface area contributed by atoms with Gasteiger partial charge in [0, 0.05) is 23.1 Å². The van der Waals surface area contributed by atoms with Crippen LogP contribution in [-0.2, 0) is 11.8 Å². The number of thioether (sulfide) groups is 1. The Kier molecular flexibility index (Phi) is 6.81. The first-order valence-electron chi connectivity index (χ1n) is 8.22. The van der Waals surface area contributed by atoms with Crippen LogP contribution in [0, 0.1) is 0 Å². The zero-order valence-electron chi connectivity index (χ0n) is 15.0. The Morgan fingerprint density at radius 2 is 2.11 bits per heavy atom. The van der Waals surface area contributed by atoms with Gasteiger partial charge in [0.25, 0.3) is 5.91 Å². The van der Waals surface area contributed by atoms with Crippen molar-refractivity contribution in [3.05, 3.63) is 51.7 Å². The van der Waals surface area contributed by atoms with E-state index in [0.29, 0.717) is 21.7 Å². The second kappa shape index (κ2) is 9.30. The van der Waals surface area contributed by atoms with Gasteiger partial charge in [0.15, 0.2) is 16.1 Å². The van der Waals surface area contributed by atoms with E-state index in [1.165, 1.54) is 23.1 Å². The lowest BCUT2D eigenvalue weighted by Gasteiger charge is -2.14. The predicted octanol–water partition coefficient (Wildman–Crippen LogP) is 3.26. The number of hydrogen-bond donors (Lipinski definition) is 2. The summed E-state index contributed by atoms with van der Waals surface area (Å²) in [7, 11) is 1.80. The van der Waals surface area contributed by atoms with Crippen molar-refractivity contribution in [1.29, 1.82) is 0 Å². The van der Waals surface area contributed by atoms with E-state index in [2.05, 4.69) is 41.7 Å². The van der Waals surface area contributed by atoms with Crippen molar-refractivity contribution < 1.29 is 9.59 Å². The Morgan fingerprint density at radius 1 is 1.32 bits per heavy atom. The SMILES string of the molecule is CC(NC(=O)c1ccccc1Br)c1nnc(SCC(=O)Nc2nccs2)n1C. The van der Waals surface area contributed by atoms with Crippen LogP contribution in [0.3, 0.4) is 0 Å². The molecule has 146 valence electrons. The van der Waals surface area contributed by atoms with Crippen LogP contribution < -0.4 is 10.6 Å². The first-order chi connectivity index (χ1) is 13.5. The molecule has 8 nitrogen and oxygen atoms in total. The fraction of sp³-hybridized carbons (Fsp3) is 0.235. The van der Waals surface area contributed by atoms with E-state index in [1.807, 2.05) is 19.1 Å². The van der Waals surface area contributed by atoms with Gasteiger partial charge in [-0.15, -0.1) is 21.5 Å². The summed E-state index contributed by atoms with van der Waals surface area (Å²) in [6.45, 7) is 1.84. The smallest absolute Gasteiger partial charge is 0.253 e. The Morgan fingerprint density at radius 3 is 2.82 bits per heavy atom. The maximum absolute atomic E-state index is 12.5. The summed E-state index contributed by atoms with van der Waals surface area (Å²) in [6.07, 6.45) is 1.63. The number of carbonyl (C=O) groups excluding carboxylic acids is 2. The normalized spacial score (nSPS) is 11.8. The quantitative estimate of drug-likeness (QED) is 0.503. The van der Waals surface area contributed by atoms with Crippen LogP contribution in [0.5, 0.6) is 0 Å². The van der Waals surface area contributed by atoms with E-state index >= 15 is 0 Å². The van der Waals surface area contributed by atoms with Gasteiger partial charge in [-0.05, 0) is 35.0 Å². The lowest BCUT2D eigenvalue weighted by atomic mass is 10.2. The Balaban J connectivity index is 1.59. The Labute approximate surface area is 178 Å². The van der Waals surface area contributed by atoms with E-state index in [0.717, 1.165) is 4.47 Å². The van der Waals surface area contributed by atoms with Crippen LogP contribution in [0.25, 0.3) is 0 Å². The largest absolute Gasteiger partial charge is 0.342 e. The number of aromatic nitrogens is 4. The molecule has 0 fully saturated rings.